The van der Waals surface area contributed by atoms with Crippen molar-refractivity contribution in [2.24, 2.45) is 5.73 Å². The fourth-order valence-electron chi connectivity index (χ4n) is 1.75. The van der Waals surface area contributed by atoms with Crippen LogP contribution in [0.15, 0.2) is 41.1 Å². The molecule has 2 rings (SSSR count). The van der Waals surface area contributed by atoms with Crippen LogP contribution < -0.4 is 5.73 Å². The first-order valence-electron chi connectivity index (χ1n) is 5.25. The van der Waals surface area contributed by atoms with E-state index in [4.69, 9.17) is 17.3 Å². The van der Waals surface area contributed by atoms with Gasteiger partial charge in [-0.25, -0.2) is 0 Å². The summed E-state index contributed by atoms with van der Waals surface area (Å²) in [6.45, 7) is 0. The van der Waals surface area contributed by atoms with Crippen molar-refractivity contribution in [2.75, 3.05) is 0 Å². The lowest BCUT2D eigenvalue weighted by atomic mass is 10.0. The van der Waals surface area contributed by atoms with Gasteiger partial charge >= 0.3 is 0 Å². The molecule has 1 atom stereocenters. The van der Waals surface area contributed by atoms with Gasteiger partial charge in [0.1, 0.15) is 0 Å². The fourth-order valence-corrected chi connectivity index (χ4v) is 2.64. The predicted octanol–water partition coefficient (Wildman–Crippen LogP) is 3.51. The normalized spacial score (nSPS) is 12.6. The summed E-state index contributed by atoms with van der Waals surface area (Å²) in [4.78, 5) is 0. The summed E-state index contributed by atoms with van der Waals surface area (Å²) in [7, 11) is 0. The summed E-state index contributed by atoms with van der Waals surface area (Å²) in [6, 6.07) is 10.2. The van der Waals surface area contributed by atoms with E-state index in [1.807, 2.05) is 18.2 Å². The van der Waals surface area contributed by atoms with E-state index in [0.29, 0.717) is 0 Å². The summed E-state index contributed by atoms with van der Waals surface area (Å²) in [5, 5.41) is 5.01. The maximum Gasteiger partial charge on any atom is 0.0408 e. The van der Waals surface area contributed by atoms with Gasteiger partial charge in [0, 0.05) is 11.1 Å². The number of halogens is 1. The van der Waals surface area contributed by atoms with Crippen LogP contribution in [0.4, 0.5) is 0 Å². The average Bonchev–Trinajstić information content (AvgIpc) is 2.70. The lowest BCUT2D eigenvalue weighted by molar-refractivity contribution is 0.666. The minimum Gasteiger partial charge on any atom is -0.327 e. The van der Waals surface area contributed by atoms with Crippen molar-refractivity contribution >= 4 is 22.9 Å². The average molecular weight is 252 g/mol. The zero-order chi connectivity index (χ0) is 11.4. The molecule has 0 aliphatic rings. The lowest BCUT2D eigenvalue weighted by Gasteiger charge is -2.10. The van der Waals surface area contributed by atoms with Gasteiger partial charge in [-0.2, -0.15) is 11.3 Å². The Labute approximate surface area is 105 Å². The first-order valence-corrected chi connectivity index (χ1v) is 6.57. The highest BCUT2D eigenvalue weighted by Crippen LogP contribution is 2.14. The van der Waals surface area contributed by atoms with Gasteiger partial charge in [0.15, 0.2) is 0 Å². The quantitative estimate of drug-likeness (QED) is 0.884. The first-order chi connectivity index (χ1) is 7.74. The summed E-state index contributed by atoms with van der Waals surface area (Å²) in [5.74, 6) is 0. The van der Waals surface area contributed by atoms with E-state index < -0.39 is 0 Å². The van der Waals surface area contributed by atoms with Crippen molar-refractivity contribution in [3.63, 3.8) is 0 Å². The Kier molecular flexibility index (Phi) is 3.99. The molecular formula is C13H14ClNS. The zero-order valence-corrected chi connectivity index (χ0v) is 10.5. The molecule has 1 nitrogen and oxygen atoms in total. The van der Waals surface area contributed by atoms with Gasteiger partial charge in [0.05, 0.1) is 0 Å². The highest BCUT2D eigenvalue weighted by Gasteiger charge is 2.06. The molecule has 2 aromatic rings. The number of nitrogens with two attached hydrogens (primary N) is 1. The molecule has 1 heterocycles. The molecule has 0 saturated heterocycles. The van der Waals surface area contributed by atoms with Crippen molar-refractivity contribution in [3.8, 4) is 0 Å². The van der Waals surface area contributed by atoms with Crippen LogP contribution in [-0.2, 0) is 12.8 Å². The van der Waals surface area contributed by atoms with Gasteiger partial charge in [-0.05, 0) is 52.9 Å². The first kappa shape index (κ1) is 11.6. The largest absolute Gasteiger partial charge is 0.327 e. The molecule has 1 aromatic heterocycles. The maximum atomic E-state index is 6.11. The Bertz CT molecular complexity index is 439. The van der Waals surface area contributed by atoms with Crippen LogP contribution in [0.3, 0.4) is 0 Å². The van der Waals surface area contributed by atoms with Crippen molar-refractivity contribution < 1.29 is 0 Å². The van der Waals surface area contributed by atoms with Crippen LogP contribution in [0.25, 0.3) is 0 Å². The summed E-state index contributed by atoms with van der Waals surface area (Å²) in [5.41, 5.74) is 8.63. The Hall–Kier alpha value is -0.830. The van der Waals surface area contributed by atoms with E-state index in [1.54, 1.807) is 11.3 Å². The SMILES string of the molecule is NC(Cc1ccsc1)Cc1cccc(Cl)c1. The molecule has 84 valence electrons. The van der Waals surface area contributed by atoms with Crippen LogP contribution in [0.2, 0.25) is 5.02 Å². The van der Waals surface area contributed by atoms with Crippen molar-refractivity contribution in [2.45, 2.75) is 18.9 Å². The van der Waals surface area contributed by atoms with E-state index in [9.17, 15) is 0 Å². The summed E-state index contributed by atoms with van der Waals surface area (Å²) < 4.78 is 0. The molecule has 0 aliphatic heterocycles. The smallest absolute Gasteiger partial charge is 0.0408 e. The Morgan fingerprint density at radius 2 is 2.00 bits per heavy atom. The Morgan fingerprint density at radius 1 is 1.19 bits per heavy atom. The second-order valence-corrected chi connectivity index (χ2v) is 5.15. The second-order valence-electron chi connectivity index (χ2n) is 3.93. The molecule has 0 radical (unpaired) electrons. The molecule has 0 amide bonds. The molecule has 1 aromatic carbocycles. The van der Waals surface area contributed by atoms with Crippen molar-refractivity contribution in [1.82, 2.24) is 0 Å². The van der Waals surface area contributed by atoms with Gasteiger partial charge in [-0.1, -0.05) is 23.7 Å². The number of benzene rings is 1. The zero-order valence-electron chi connectivity index (χ0n) is 8.90. The van der Waals surface area contributed by atoms with Crippen LogP contribution in [-0.4, -0.2) is 6.04 Å². The van der Waals surface area contributed by atoms with Gasteiger partial charge < -0.3 is 5.73 Å². The third-order valence-electron chi connectivity index (χ3n) is 2.46. The van der Waals surface area contributed by atoms with Gasteiger partial charge in [-0.3, -0.25) is 0 Å². The Morgan fingerprint density at radius 3 is 2.69 bits per heavy atom. The molecule has 3 heteroatoms. The monoisotopic (exact) mass is 251 g/mol. The maximum absolute atomic E-state index is 6.11. The van der Waals surface area contributed by atoms with E-state index in [2.05, 4.69) is 22.9 Å². The molecule has 2 N–H and O–H groups in total. The summed E-state index contributed by atoms with van der Waals surface area (Å²) in [6.07, 6.45) is 1.80. The number of thiophene rings is 1. The highest BCUT2D eigenvalue weighted by molar-refractivity contribution is 7.07. The minimum atomic E-state index is 0.160. The van der Waals surface area contributed by atoms with Gasteiger partial charge in [-0.15, -0.1) is 0 Å². The Balaban J connectivity index is 1.94. The standard InChI is InChI=1S/C13H14ClNS/c14-12-3-1-2-10(6-12)7-13(15)8-11-4-5-16-9-11/h1-6,9,13H,7-8,15H2. The van der Waals surface area contributed by atoms with Crippen LogP contribution in [0.1, 0.15) is 11.1 Å². The van der Waals surface area contributed by atoms with E-state index in [-0.39, 0.29) is 6.04 Å². The third kappa shape index (κ3) is 3.34. The molecule has 16 heavy (non-hydrogen) atoms. The van der Waals surface area contributed by atoms with Crippen LogP contribution >= 0.6 is 22.9 Å². The molecule has 0 bridgehead atoms. The molecule has 1 unspecified atom stereocenters. The van der Waals surface area contributed by atoms with E-state index in [1.165, 1.54) is 11.1 Å². The fraction of sp³-hybridized carbons (Fsp3) is 0.231. The van der Waals surface area contributed by atoms with Crippen LogP contribution in [0.5, 0.6) is 0 Å². The van der Waals surface area contributed by atoms with Gasteiger partial charge in [0.2, 0.25) is 0 Å². The van der Waals surface area contributed by atoms with Crippen molar-refractivity contribution in [3.05, 3.63) is 57.2 Å². The topological polar surface area (TPSA) is 26.0 Å². The van der Waals surface area contributed by atoms with Gasteiger partial charge in [0.25, 0.3) is 0 Å². The number of hydrogen-bond donors (Lipinski definition) is 1. The lowest BCUT2D eigenvalue weighted by Crippen LogP contribution is -2.25. The molecule has 0 fully saturated rings. The van der Waals surface area contributed by atoms with E-state index >= 15 is 0 Å². The summed E-state index contributed by atoms with van der Waals surface area (Å²) >= 11 is 7.65. The minimum absolute atomic E-state index is 0.160. The molecule has 0 spiro atoms. The number of hydrogen-bond acceptors (Lipinski definition) is 2. The third-order valence-corrected chi connectivity index (χ3v) is 3.43. The highest BCUT2D eigenvalue weighted by atomic mass is 35.5. The van der Waals surface area contributed by atoms with Crippen molar-refractivity contribution in [1.29, 1.82) is 0 Å². The predicted molar refractivity (Wildman–Crippen MR) is 71.2 cm³/mol. The van der Waals surface area contributed by atoms with E-state index in [0.717, 1.165) is 17.9 Å². The number of rotatable bonds is 4. The second kappa shape index (κ2) is 5.48. The molecular weight excluding hydrogens is 238 g/mol. The molecule has 0 saturated carbocycles. The molecule has 0 aliphatic carbocycles. The van der Waals surface area contributed by atoms with Crippen LogP contribution in [0, 0.1) is 0 Å².